The van der Waals surface area contributed by atoms with E-state index in [1.54, 1.807) is 6.92 Å². The second-order valence-electron chi connectivity index (χ2n) is 5.88. The Morgan fingerprint density at radius 1 is 1.46 bits per heavy atom. The minimum absolute atomic E-state index is 0.269. The van der Waals surface area contributed by atoms with Crippen molar-refractivity contribution in [3.8, 4) is 5.82 Å². The molecule has 2 heterocycles. The van der Waals surface area contributed by atoms with Gasteiger partial charge in [0.2, 0.25) is 0 Å². The van der Waals surface area contributed by atoms with Crippen molar-refractivity contribution in [1.82, 2.24) is 25.3 Å². The van der Waals surface area contributed by atoms with Crippen molar-refractivity contribution in [2.75, 3.05) is 0 Å². The number of carbonyl (C=O) groups excluding carboxylic acids is 1. The summed E-state index contributed by atoms with van der Waals surface area (Å²) in [5.41, 5.74) is 0.429. The Hall–Kier alpha value is -2.97. The van der Waals surface area contributed by atoms with E-state index >= 15 is 0 Å². The Labute approximate surface area is 136 Å². The van der Waals surface area contributed by atoms with Crippen LogP contribution in [0, 0.1) is 12.8 Å². The summed E-state index contributed by atoms with van der Waals surface area (Å²) in [6, 6.07) is 1.88. The predicted octanol–water partition coefficient (Wildman–Crippen LogP) is 0.247. The van der Waals surface area contributed by atoms with Gasteiger partial charge in [0, 0.05) is 6.07 Å². The fourth-order valence-electron chi connectivity index (χ4n) is 2.46. The van der Waals surface area contributed by atoms with Crippen molar-refractivity contribution in [2.45, 2.75) is 32.2 Å². The Balaban J connectivity index is 1.78. The largest absolute Gasteiger partial charge is 0.480 e. The Kier molecular flexibility index (Phi) is 4.15. The molecule has 126 valence electrons. The second kappa shape index (κ2) is 6.26. The summed E-state index contributed by atoms with van der Waals surface area (Å²) in [6.07, 6.45) is 3.81. The van der Waals surface area contributed by atoms with Gasteiger partial charge in [0.05, 0.1) is 17.5 Å². The lowest BCUT2D eigenvalue weighted by Crippen LogP contribution is -2.41. The van der Waals surface area contributed by atoms with Crippen molar-refractivity contribution in [3.05, 3.63) is 39.9 Å². The van der Waals surface area contributed by atoms with E-state index < -0.39 is 17.9 Å². The lowest BCUT2D eigenvalue weighted by molar-refractivity contribution is -0.139. The number of aromatic amines is 1. The molecule has 0 spiro atoms. The maximum absolute atomic E-state index is 12.4. The average molecular weight is 331 g/mol. The minimum atomic E-state index is -1.04. The monoisotopic (exact) mass is 331 g/mol. The molecular formula is C15H17N5O4. The molecule has 1 unspecified atom stereocenters. The fraction of sp³-hybridized carbons (Fsp3) is 0.400. The van der Waals surface area contributed by atoms with Gasteiger partial charge in [-0.2, -0.15) is 10.2 Å². The third-order valence-electron chi connectivity index (χ3n) is 4.01. The maximum atomic E-state index is 12.4. The van der Waals surface area contributed by atoms with Gasteiger partial charge in [0.1, 0.15) is 6.04 Å². The molecule has 9 nitrogen and oxygen atoms in total. The molecule has 9 heteroatoms. The molecule has 1 aliphatic rings. The molecule has 3 rings (SSSR count). The van der Waals surface area contributed by atoms with Crippen LogP contribution in [0.3, 0.4) is 0 Å². The zero-order valence-electron chi connectivity index (χ0n) is 13.0. The van der Waals surface area contributed by atoms with E-state index in [0.29, 0.717) is 23.9 Å². The first-order valence-electron chi connectivity index (χ1n) is 7.60. The quantitative estimate of drug-likeness (QED) is 0.695. The van der Waals surface area contributed by atoms with Crippen LogP contribution in [0.5, 0.6) is 0 Å². The molecule has 0 saturated heterocycles. The van der Waals surface area contributed by atoms with E-state index in [1.165, 1.54) is 23.0 Å². The van der Waals surface area contributed by atoms with Gasteiger partial charge in [-0.05, 0) is 25.3 Å². The summed E-state index contributed by atoms with van der Waals surface area (Å²) >= 11 is 0. The normalized spacial score (nSPS) is 15.0. The third-order valence-corrected chi connectivity index (χ3v) is 4.01. The predicted molar refractivity (Wildman–Crippen MR) is 82.9 cm³/mol. The third kappa shape index (κ3) is 3.34. The van der Waals surface area contributed by atoms with Crippen molar-refractivity contribution in [2.24, 2.45) is 5.92 Å². The number of hydrogen-bond acceptors (Lipinski definition) is 5. The van der Waals surface area contributed by atoms with Crippen LogP contribution in [-0.4, -0.2) is 43.0 Å². The average Bonchev–Trinajstić information content (AvgIpc) is 3.28. The molecule has 1 fully saturated rings. The number of aliphatic carboxylic acids is 1. The Morgan fingerprint density at radius 2 is 2.21 bits per heavy atom. The summed E-state index contributed by atoms with van der Waals surface area (Å²) in [7, 11) is 0. The molecule has 1 aliphatic carbocycles. The summed E-state index contributed by atoms with van der Waals surface area (Å²) in [5.74, 6) is -0.793. The number of H-pyrrole nitrogens is 1. The molecule has 0 radical (unpaired) electrons. The van der Waals surface area contributed by atoms with E-state index in [-0.39, 0.29) is 11.1 Å². The van der Waals surface area contributed by atoms with E-state index in [2.05, 4.69) is 20.6 Å². The molecule has 2 aromatic heterocycles. The highest BCUT2D eigenvalue weighted by Crippen LogP contribution is 2.33. The molecular weight excluding hydrogens is 314 g/mol. The number of rotatable bonds is 6. The molecule has 24 heavy (non-hydrogen) atoms. The zero-order chi connectivity index (χ0) is 17.3. The number of carboxylic acid groups (broad SMARTS) is 1. The van der Waals surface area contributed by atoms with Crippen LogP contribution in [0.25, 0.3) is 5.82 Å². The van der Waals surface area contributed by atoms with Crippen molar-refractivity contribution >= 4 is 11.9 Å². The van der Waals surface area contributed by atoms with Crippen LogP contribution in [0.2, 0.25) is 0 Å². The lowest BCUT2D eigenvalue weighted by atomic mass is 10.1. The van der Waals surface area contributed by atoms with E-state index in [9.17, 15) is 19.5 Å². The highest BCUT2D eigenvalue weighted by Gasteiger charge is 2.31. The number of aromatic nitrogens is 4. The van der Waals surface area contributed by atoms with Gasteiger partial charge in [-0.15, -0.1) is 0 Å². The van der Waals surface area contributed by atoms with Gasteiger partial charge in [-0.3, -0.25) is 9.59 Å². The molecule has 3 N–H and O–H groups in total. The summed E-state index contributed by atoms with van der Waals surface area (Å²) in [5, 5.41) is 22.0. The number of carbonyl (C=O) groups is 2. The highest BCUT2D eigenvalue weighted by atomic mass is 16.4. The van der Waals surface area contributed by atoms with Crippen LogP contribution in [-0.2, 0) is 4.79 Å². The van der Waals surface area contributed by atoms with Crippen molar-refractivity contribution in [3.63, 3.8) is 0 Å². The standard InChI is InChI=1S/C15H17N5O4/c1-8-10(7-16-20(8)12-4-5-13(21)19-18-12)14(22)17-11(15(23)24)6-9-2-3-9/h4-5,7,9,11H,2-3,6H2,1H3,(H,17,22)(H,19,21)(H,23,24). The summed E-state index contributed by atoms with van der Waals surface area (Å²) < 4.78 is 1.40. The van der Waals surface area contributed by atoms with Crippen LogP contribution in [0.1, 0.15) is 35.3 Å². The van der Waals surface area contributed by atoms with Crippen LogP contribution in [0.15, 0.2) is 23.1 Å². The van der Waals surface area contributed by atoms with Crippen LogP contribution < -0.4 is 10.9 Å². The van der Waals surface area contributed by atoms with Gasteiger partial charge >= 0.3 is 5.97 Å². The van der Waals surface area contributed by atoms with E-state index in [1.807, 2.05) is 0 Å². The summed E-state index contributed by atoms with van der Waals surface area (Å²) in [4.78, 5) is 34.7. The number of nitrogens with one attached hydrogen (secondary N) is 2. The molecule has 0 bridgehead atoms. The van der Waals surface area contributed by atoms with Gasteiger partial charge in [-0.25, -0.2) is 14.6 Å². The molecule has 1 atom stereocenters. The van der Waals surface area contributed by atoms with Gasteiger partial charge in [0.15, 0.2) is 5.82 Å². The fourth-order valence-corrected chi connectivity index (χ4v) is 2.46. The lowest BCUT2D eigenvalue weighted by Gasteiger charge is -2.13. The van der Waals surface area contributed by atoms with Crippen LogP contribution >= 0.6 is 0 Å². The molecule has 0 aromatic carbocycles. The van der Waals surface area contributed by atoms with Crippen molar-refractivity contribution in [1.29, 1.82) is 0 Å². The van der Waals surface area contributed by atoms with E-state index in [0.717, 1.165) is 12.8 Å². The Morgan fingerprint density at radius 3 is 2.79 bits per heavy atom. The smallest absolute Gasteiger partial charge is 0.326 e. The molecule has 1 amide bonds. The van der Waals surface area contributed by atoms with E-state index in [4.69, 9.17) is 0 Å². The first kappa shape index (κ1) is 15.9. The number of hydrogen-bond donors (Lipinski definition) is 3. The molecule has 0 aliphatic heterocycles. The second-order valence-corrected chi connectivity index (χ2v) is 5.88. The maximum Gasteiger partial charge on any atom is 0.326 e. The van der Waals surface area contributed by atoms with Gasteiger partial charge in [-0.1, -0.05) is 12.8 Å². The van der Waals surface area contributed by atoms with Crippen LogP contribution in [0.4, 0.5) is 0 Å². The SMILES string of the molecule is Cc1c(C(=O)NC(CC2CC2)C(=O)O)cnn1-c1ccc(=O)[nH]n1. The van der Waals surface area contributed by atoms with Gasteiger partial charge < -0.3 is 10.4 Å². The summed E-state index contributed by atoms with van der Waals surface area (Å²) in [6.45, 7) is 1.67. The zero-order valence-corrected chi connectivity index (χ0v) is 13.0. The first-order chi connectivity index (χ1) is 11.5. The number of carboxylic acids is 1. The molecule has 2 aromatic rings. The Bertz CT molecular complexity index is 816. The first-order valence-corrected chi connectivity index (χ1v) is 7.60. The molecule has 1 saturated carbocycles. The topological polar surface area (TPSA) is 130 Å². The number of nitrogens with zero attached hydrogens (tertiary/aromatic N) is 3. The minimum Gasteiger partial charge on any atom is -0.480 e. The van der Waals surface area contributed by atoms with Crippen molar-refractivity contribution < 1.29 is 14.7 Å². The highest BCUT2D eigenvalue weighted by molar-refractivity contribution is 5.97. The van der Waals surface area contributed by atoms with Gasteiger partial charge in [0.25, 0.3) is 11.5 Å². The number of amides is 1.